The van der Waals surface area contributed by atoms with Crippen LogP contribution in [0.4, 0.5) is 0 Å². The Bertz CT molecular complexity index is 974. The monoisotopic (exact) mass is 485 g/mol. The van der Waals surface area contributed by atoms with Gasteiger partial charge in [0.1, 0.15) is 6.29 Å². The number of piperidine rings is 1. The fourth-order valence-electron chi connectivity index (χ4n) is 5.27. The number of likely N-dealkylation sites (tertiary alicyclic amines) is 1. The summed E-state index contributed by atoms with van der Waals surface area (Å²) >= 11 is 12.6. The largest absolute Gasteiger partial charge is 0.332 e. The van der Waals surface area contributed by atoms with Crippen LogP contribution >= 0.6 is 23.2 Å². The van der Waals surface area contributed by atoms with Crippen LogP contribution in [0.15, 0.2) is 61.2 Å². The third-order valence-electron chi connectivity index (χ3n) is 6.91. The molecule has 5 heteroatoms. The lowest BCUT2D eigenvalue weighted by Crippen LogP contribution is -2.55. The lowest BCUT2D eigenvalue weighted by molar-refractivity contribution is -0.154. The second kappa shape index (κ2) is 11.4. The van der Waals surface area contributed by atoms with Crippen molar-refractivity contribution in [3.8, 4) is 0 Å². The van der Waals surface area contributed by atoms with Crippen LogP contribution in [0.25, 0.3) is 0 Å². The zero-order valence-electron chi connectivity index (χ0n) is 19.5. The van der Waals surface area contributed by atoms with E-state index in [1.165, 1.54) is 0 Å². The molecule has 0 spiro atoms. The molecule has 2 aromatic rings. The zero-order chi connectivity index (χ0) is 24.0. The number of halogens is 2. The van der Waals surface area contributed by atoms with Gasteiger partial charge in [0.15, 0.2) is 0 Å². The number of carbonyl (C=O) groups is 2. The molecule has 0 saturated carbocycles. The first kappa shape index (κ1) is 25.5. The van der Waals surface area contributed by atoms with Crippen LogP contribution in [0.3, 0.4) is 0 Å². The average molecular weight is 486 g/mol. The van der Waals surface area contributed by atoms with E-state index in [9.17, 15) is 9.59 Å². The van der Waals surface area contributed by atoms with Gasteiger partial charge in [-0.15, -0.1) is 6.58 Å². The van der Waals surface area contributed by atoms with E-state index >= 15 is 0 Å². The molecule has 1 heterocycles. The minimum absolute atomic E-state index is 0.0317. The molecular formula is C28H33Cl2NO2. The lowest BCUT2D eigenvalue weighted by atomic mass is 9.67. The SMILES string of the molecule is C=CC[C@@]1(C)CC(c2cccc(Cl)c2)C(c2ccc(Cl)cc2)N([C@@H](CC)CCCC=O)C1=O. The van der Waals surface area contributed by atoms with E-state index in [1.807, 2.05) is 48.5 Å². The van der Waals surface area contributed by atoms with Crippen molar-refractivity contribution in [2.75, 3.05) is 0 Å². The van der Waals surface area contributed by atoms with Gasteiger partial charge in [0.2, 0.25) is 5.91 Å². The molecule has 0 N–H and O–H groups in total. The third-order valence-corrected chi connectivity index (χ3v) is 7.40. The number of rotatable bonds is 10. The van der Waals surface area contributed by atoms with Crippen molar-refractivity contribution in [2.24, 2.45) is 5.41 Å². The maximum atomic E-state index is 14.1. The van der Waals surface area contributed by atoms with Crippen LogP contribution in [0.1, 0.15) is 75.5 Å². The summed E-state index contributed by atoms with van der Waals surface area (Å²) in [6.45, 7) is 8.11. The molecule has 176 valence electrons. The molecule has 3 rings (SSSR count). The van der Waals surface area contributed by atoms with E-state index in [4.69, 9.17) is 23.2 Å². The Labute approximate surface area is 207 Å². The Balaban J connectivity index is 2.18. The Morgan fingerprint density at radius 3 is 2.48 bits per heavy atom. The predicted octanol–water partition coefficient (Wildman–Crippen LogP) is 7.78. The van der Waals surface area contributed by atoms with Crippen LogP contribution in [0, 0.1) is 5.41 Å². The first-order valence-corrected chi connectivity index (χ1v) is 12.5. The molecule has 1 aliphatic rings. The highest BCUT2D eigenvalue weighted by Crippen LogP contribution is 2.52. The first-order chi connectivity index (χ1) is 15.8. The average Bonchev–Trinajstić information content (AvgIpc) is 2.80. The van der Waals surface area contributed by atoms with Gasteiger partial charge in [-0.3, -0.25) is 4.79 Å². The van der Waals surface area contributed by atoms with E-state index in [-0.39, 0.29) is 23.9 Å². The Morgan fingerprint density at radius 1 is 1.15 bits per heavy atom. The standard InChI is InChI=1S/C28H33Cl2NO2/c1-4-16-28(3)19-25(21-9-8-10-23(30)18-21)26(20-12-14-22(29)15-13-20)31(27(28)33)24(5-2)11-6-7-17-32/h4,8-10,12-15,17-18,24-26H,1,5-7,11,16,19H2,2-3H3/t24-,25?,26?,28-/m0/s1. The second-order valence-corrected chi connectivity index (χ2v) is 10.2. The lowest BCUT2D eigenvalue weighted by Gasteiger charge is -2.52. The summed E-state index contributed by atoms with van der Waals surface area (Å²) in [7, 11) is 0. The van der Waals surface area contributed by atoms with Gasteiger partial charge in [-0.2, -0.15) is 0 Å². The highest BCUT2D eigenvalue weighted by Gasteiger charge is 2.50. The molecule has 2 aromatic carbocycles. The first-order valence-electron chi connectivity index (χ1n) is 11.7. The number of allylic oxidation sites excluding steroid dienone is 1. The molecule has 2 unspecified atom stereocenters. The van der Waals surface area contributed by atoms with Gasteiger partial charge in [-0.1, -0.05) is 67.4 Å². The van der Waals surface area contributed by atoms with E-state index in [0.29, 0.717) is 29.3 Å². The summed E-state index contributed by atoms with van der Waals surface area (Å²) < 4.78 is 0. The van der Waals surface area contributed by atoms with Crippen LogP contribution < -0.4 is 0 Å². The summed E-state index contributed by atoms with van der Waals surface area (Å²) in [6, 6.07) is 15.7. The van der Waals surface area contributed by atoms with Gasteiger partial charge in [0.05, 0.1) is 11.5 Å². The number of unbranched alkanes of at least 4 members (excludes halogenated alkanes) is 1. The molecular weight excluding hydrogens is 453 g/mol. The highest BCUT2D eigenvalue weighted by molar-refractivity contribution is 6.30. The molecule has 4 atom stereocenters. The molecule has 3 nitrogen and oxygen atoms in total. The van der Waals surface area contributed by atoms with Gasteiger partial charge in [-0.25, -0.2) is 0 Å². The van der Waals surface area contributed by atoms with E-state index in [0.717, 1.165) is 36.7 Å². The predicted molar refractivity (Wildman–Crippen MR) is 137 cm³/mol. The van der Waals surface area contributed by atoms with Gasteiger partial charge in [-0.05, 0) is 67.5 Å². The van der Waals surface area contributed by atoms with Crippen molar-refractivity contribution in [1.29, 1.82) is 0 Å². The zero-order valence-corrected chi connectivity index (χ0v) is 21.0. The van der Waals surface area contributed by atoms with Crippen molar-refractivity contribution < 1.29 is 9.59 Å². The Morgan fingerprint density at radius 2 is 1.88 bits per heavy atom. The van der Waals surface area contributed by atoms with Crippen molar-refractivity contribution in [3.63, 3.8) is 0 Å². The summed E-state index contributed by atoms with van der Waals surface area (Å²) in [5, 5.41) is 1.36. The molecule has 0 bridgehead atoms. The Kier molecular flexibility index (Phi) is 8.78. The molecule has 0 aromatic heterocycles. The number of aldehydes is 1. The fourth-order valence-corrected chi connectivity index (χ4v) is 5.59. The maximum absolute atomic E-state index is 14.1. The van der Waals surface area contributed by atoms with Crippen LogP contribution in [-0.4, -0.2) is 23.1 Å². The number of nitrogens with zero attached hydrogens (tertiary/aromatic N) is 1. The Hall–Kier alpha value is -2.10. The van der Waals surface area contributed by atoms with Gasteiger partial charge in [0.25, 0.3) is 0 Å². The van der Waals surface area contributed by atoms with E-state index in [2.05, 4.69) is 31.4 Å². The second-order valence-electron chi connectivity index (χ2n) is 9.29. The summed E-state index contributed by atoms with van der Waals surface area (Å²) in [6.07, 6.45) is 6.99. The number of hydrogen-bond donors (Lipinski definition) is 0. The highest BCUT2D eigenvalue weighted by atomic mass is 35.5. The maximum Gasteiger partial charge on any atom is 0.229 e. The molecule has 0 aliphatic carbocycles. The smallest absolute Gasteiger partial charge is 0.229 e. The van der Waals surface area contributed by atoms with Crippen LogP contribution in [0.5, 0.6) is 0 Å². The molecule has 1 amide bonds. The van der Waals surface area contributed by atoms with Gasteiger partial charge in [0, 0.05) is 28.4 Å². The van der Waals surface area contributed by atoms with E-state index in [1.54, 1.807) is 0 Å². The third kappa shape index (κ3) is 5.70. The van der Waals surface area contributed by atoms with Gasteiger partial charge >= 0.3 is 0 Å². The number of benzene rings is 2. The number of hydrogen-bond acceptors (Lipinski definition) is 2. The summed E-state index contributed by atoms with van der Waals surface area (Å²) in [5.74, 6) is 0.214. The van der Waals surface area contributed by atoms with Gasteiger partial charge < -0.3 is 9.69 Å². The van der Waals surface area contributed by atoms with Crippen LogP contribution in [0.2, 0.25) is 10.0 Å². The topological polar surface area (TPSA) is 37.4 Å². The molecule has 1 saturated heterocycles. The number of carbonyl (C=O) groups excluding carboxylic acids is 2. The van der Waals surface area contributed by atoms with Crippen molar-refractivity contribution in [3.05, 3.63) is 82.4 Å². The van der Waals surface area contributed by atoms with E-state index < -0.39 is 5.41 Å². The molecule has 33 heavy (non-hydrogen) atoms. The molecule has 1 fully saturated rings. The van der Waals surface area contributed by atoms with Crippen LogP contribution in [-0.2, 0) is 9.59 Å². The minimum Gasteiger partial charge on any atom is -0.332 e. The fraction of sp³-hybridized carbons (Fsp3) is 0.429. The van der Waals surface area contributed by atoms with Crippen molar-refractivity contribution in [1.82, 2.24) is 4.90 Å². The summed E-state index contributed by atoms with van der Waals surface area (Å²) in [5.41, 5.74) is 1.63. The minimum atomic E-state index is -0.560. The summed E-state index contributed by atoms with van der Waals surface area (Å²) in [4.78, 5) is 27.2. The number of amides is 1. The van der Waals surface area contributed by atoms with Crippen molar-refractivity contribution in [2.45, 2.75) is 70.4 Å². The molecule has 1 aliphatic heterocycles. The quantitative estimate of drug-likeness (QED) is 0.195. The molecule has 0 radical (unpaired) electrons. The van der Waals surface area contributed by atoms with Crippen molar-refractivity contribution >= 4 is 35.4 Å². The normalized spacial score (nSPS) is 23.9.